The number of aromatic nitrogens is 2. The van der Waals surface area contributed by atoms with Crippen LogP contribution in [0.3, 0.4) is 0 Å². The second kappa shape index (κ2) is 6.59. The molecule has 124 valence electrons. The van der Waals surface area contributed by atoms with Crippen LogP contribution < -0.4 is 20.3 Å². The number of methoxy groups -OCH3 is 2. The molecule has 2 N–H and O–H groups in total. The maximum atomic E-state index is 12.3. The second-order valence-electron chi connectivity index (χ2n) is 4.89. The number of fused-ring (bicyclic) bond motifs is 1. The third-order valence-electron chi connectivity index (χ3n) is 3.37. The van der Waals surface area contributed by atoms with E-state index in [1.807, 2.05) is 0 Å². The van der Waals surface area contributed by atoms with E-state index in [4.69, 9.17) is 32.7 Å². The third-order valence-corrected chi connectivity index (χ3v) is 3.99. The lowest BCUT2D eigenvalue weighted by Gasteiger charge is -2.11. The fraction of sp³-hybridized carbons (Fsp3) is 0.125. The van der Waals surface area contributed by atoms with Crippen LogP contribution >= 0.6 is 23.2 Å². The SMILES string of the molecule is COc1cc(Nc2nc3c(Cl)ccc(Cl)c3c(=O)[nH]2)cc(OC)c1. The molecule has 0 amide bonds. The molecule has 8 heteroatoms. The Balaban J connectivity index is 2.08. The van der Waals surface area contributed by atoms with Crippen molar-refractivity contribution in [3.63, 3.8) is 0 Å². The van der Waals surface area contributed by atoms with Crippen molar-refractivity contribution >= 4 is 45.7 Å². The number of ether oxygens (including phenoxy) is 2. The van der Waals surface area contributed by atoms with Gasteiger partial charge in [0.1, 0.15) is 11.5 Å². The molecule has 1 heterocycles. The number of H-pyrrole nitrogens is 1. The summed E-state index contributed by atoms with van der Waals surface area (Å²) in [6.45, 7) is 0. The Bertz CT molecular complexity index is 950. The fourth-order valence-corrected chi connectivity index (χ4v) is 2.69. The monoisotopic (exact) mass is 365 g/mol. The minimum Gasteiger partial charge on any atom is -0.497 e. The number of hydrogen-bond acceptors (Lipinski definition) is 5. The number of nitrogens with one attached hydrogen (secondary N) is 2. The summed E-state index contributed by atoms with van der Waals surface area (Å²) in [6.07, 6.45) is 0. The number of nitrogens with zero attached hydrogens (tertiary/aromatic N) is 1. The minimum absolute atomic E-state index is 0.229. The third kappa shape index (κ3) is 3.11. The van der Waals surface area contributed by atoms with Gasteiger partial charge in [-0.1, -0.05) is 23.2 Å². The first-order valence-electron chi connectivity index (χ1n) is 6.90. The van der Waals surface area contributed by atoms with Gasteiger partial charge in [-0.15, -0.1) is 0 Å². The molecule has 1 aromatic heterocycles. The minimum atomic E-state index is -0.384. The van der Waals surface area contributed by atoms with Gasteiger partial charge in [-0.25, -0.2) is 4.98 Å². The Morgan fingerprint density at radius 2 is 1.67 bits per heavy atom. The number of halogens is 2. The van der Waals surface area contributed by atoms with Crippen molar-refractivity contribution in [3.8, 4) is 11.5 Å². The molecule has 3 rings (SSSR count). The molecule has 0 saturated heterocycles. The van der Waals surface area contributed by atoms with Crippen molar-refractivity contribution in [2.24, 2.45) is 0 Å². The number of hydrogen-bond donors (Lipinski definition) is 2. The van der Waals surface area contributed by atoms with E-state index in [1.165, 1.54) is 0 Å². The molecule has 0 spiro atoms. The number of aromatic amines is 1. The van der Waals surface area contributed by atoms with Crippen LogP contribution in [-0.4, -0.2) is 24.2 Å². The maximum absolute atomic E-state index is 12.3. The van der Waals surface area contributed by atoms with Gasteiger partial charge in [0.2, 0.25) is 5.95 Å². The summed E-state index contributed by atoms with van der Waals surface area (Å²) in [5.74, 6) is 1.43. The molecule has 3 aromatic rings. The molecular weight excluding hydrogens is 353 g/mol. The van der Waals surface area contributed by atoms with Crippen LogP contribution in [0.1, 0.15) is 0 Å². The first kappa shape index (κ1) is 16.4. The summed E-state index contributed by atoms with van der Waals surface area (Å²) >= 11 is 12.2. The molecular formula is C16H13Cl2N3O3. The molecule has 0 fully saturated rings. The fourth-order valence-electron chi connectivity index (χ4n) is 2.25. The Morgan fingerprint density at radius 1 is 1.04 bits per heavy atom. The molecule has 6 nitrogen and oxygen atoms in total. The second-order valence-corrected chi connectivity index (χ2v) is 5.71. The van der Waals surface area contributed by atoms with Gasteiger partial charge < -0.3 is 14.8 Å². The first-order chi connectivity index (χ1) is 11.5. The Hall–Kier alpha value is -2.44. The lowest BCUT2D eigenvalue weighted by Crippen LogP contribution is -2.12. The highest BCUT2D eigenvalue weighted by atomic mass is 35.5. The Kier molecular flexibility index (Phi) is 4.51. The molecule has 0 bridgehead atoms. The average molecular weight is 366 g/mol. The van der Waals surface area contributed by atoms with Gasteiger partial charge in [0.25, 0.3) is 5.56 Å². The normalized spacial score (nSPS) is 10.7. The molecule has 0 saturated carbocycles. The van der Waals surface area contributed by atoms with Crippen molar-refractivity contribution in [2.45, 2.75) is 0 Å². The summed E-state index contributed by atoms with van der Waals surface area (Å²) in [6, 6.07) is 8.37. The molecule has 0 aliphatic heterocycles. The molecule has 0 unspecified atom stereocenters. The van der Waals surface area contributed by atoms with Gasteiger partial charge in [-0.05, 0) is 12.1 Å². The van der Waals surface area contributed by atoms with Crippen molar-refractivity contribution in [1.82, 2.24) is 9.97 Å². The molecule has 0 atom stereocenters. The van der Waals surface area contributed by atoms with Crippen LogP contribution in [0.2, 0.25) is 10.0 Å². The van der Waals surface area contributed by atoms with Gasteiger partial charge in [0.15, 0.2) is 0 Å². The first-order valence-corrected chi connectivity index (χ1v) is 7.65. The average Bonchev–Trinajstić information content (AvgIpc) is 2.57. The van der Waals surface area contributed by atoms with E-state index >= 15 is 0 Å². The van der Waals surface area contributed by atoms with Gasteiger partial charge in [0.05, 0.1) is 35.2 Å². The van der Waals surface area contributed by atoms with E-state index in [1.54, 1.807) is 44.6 Å². The lowest BCUT2D eigenvalue weighted by molar-refractivity contribution is 0.395. The van der Waals surface area contributed by atoms with E-state index < -0.39 is 0 Å². The van der Waals surface area contributed by atoms with Crippen molar-refractivity contribution < 1.29 is 9.47 Å². The van der Waals surface area contributed by atoms with Gasteiger partial charge in [-0.3, -0.25) is 9.78 Å². The maximum Gasteiger partial charge on any atom is 0.261 e. The number of rotatable bonds is 4. The zero-order chi connectivity index (χ0) is 17.3. The van der Waals surface area contributed by atoms with E-state index in [2.05, 4.69) is 15.3 Å². The van der Waals surface area contributed by atoms with Crippen LogP contribution in [0, 0.1) is 0 Å². The van der Waals surface area contributed by atoms with Gasteiger partial charge >= 0.3 is 0 Å². The van der Waals surface area contributed by atoms with E-state index in [9.17, 15) is 4.79 Å². The van der Waals surface area contributed by atoms with Gasteiger partial charge in [-0.2, -0.15) is 0 Å². The smallest absolute Gasteiger partial charge is 0.261 e. The Labute approximate surface area is 147 Å². The highest BCUT2D eigenvalue weighted by molar-refractivity contribution is 6.39. The predicted molar refractivity (Wildman–Crippen MR) is 95.2 cm³/mol. The topological polar surface area (TPSA) is 76.2 Å². The molecule has 0 aliphatic rings. The predicted octanol–water partition coefficient (Wildman–Crippen LogP) is 3.99. The highest BCUT2D eigenvalue weighted by Crippen LogP contribution is 2.29. The van der Waals surface area contributed by atoms with Gasteiger partial charge in [0, 0.05) is 23.9 Å². The molecule has 0 aliphatic carbocycles. The zero-order valence-corrected chi connectivity index (χ0v) is 14.3. The number of benzene rings is 2. The van der Waals surface area contributed by atoms with Crippen LogP contribution in [0.5, 0.6) is 11.5 Å². The Morgan fingerprint density at radius 3 is 2.29 bits per heavy atom. The molecule has 2 aromatic carbocycles. The van der Waals surface area contributed by atoms with Crippen molar-refractivity contribution in [1.29, 1.82) is 0 Å². The summed E-state index contributed by atoms with van der Waals surface area (Å²) < 4.78 is 10.4. The quantitative estimate of drug-likeness (QED) is 0.730. The summed E-state index contributed by atoms with van der Waals surface area (Å²) in [5.41, 5.74) is 0.571. The highest BCUT2D eigenvalue weighted by Gasteiger charge is 2.11. The van der Waals surface area contributed by atoms with Crippen LogP contribution in [-0.2, 0) is 0 Å². The van der Waals surface area contributed by atoms with Crippen LogP contribution in [0.25, 0.3) is 10.9 Å². The summed E-state index contributed by atoms with van der Waals surface area (Å²) in [5, 5.41) is 3.88. The van der Waals surface area contributed by atoms with Crippen LogP contribution in [0.15, 0.2) is 35.1 Å². The van der Waals surface area contributed by atoms with Crippen molar-refractivity contribution in [3.05, 3.63) is 50.7 Å². The largest absolute Gasteiger partial charge is 0.497 e. The van der Waals surface area contributed by atoms with E-state index in [0.717, 1.165) is 0 Å². The molecule has 0 radical (unpaired) electrons. The zero-order valence-electron chi connectivity index (χ0n) is 12.8. The summed E-state index contributed by atoms with van der Waals surface area (Å²) in [4.78, 5) is 19.3. The summed E-state index contributed by atoms with van der Waals surface area (Å²) in [7, 11) is 3.10. The van der Waals surface area contributed by atoms with E-state index in [0.29, 0.717) is 27.7 Å². The van der Waals surface area contributed by atoms with Crippen molar-refractivity contribution in [2.75, 3.05) is 19.5 Å². The standard InChI is InChI=1S/C16H13Cl2N3O3/c1-23-9-5-8(6-10(7-9)24-2)19-16-20-14-12(18)4-3-11(17)13(14)15(22)21-16/h3-7H,1-2H3,(H2,19,20,21,22). The van der Waals surface area contributed by atoms with E-state index in [-0.39, 0.29) is 21.9 Å². The van der Waals surface area contributed by atoms with Crippen LogP contribution in [0.4, 0.5) is 11.6 Å². The lowest BCUT2D eigenvalue weighted by atomic mass is 10.2. The number of anilines is 2. The molecule has 24 heavy (non-hydrogen) atoms.